The van der Waals surface area contributed by atoms with Gasteiger partial charge < -0.3 is 5.73 Å². The monoisotopic (exact) mass is 268 g/mol. The number of halogens is 2. The van der Waals surface area contributed by atoms with Crippen molar-refractivity contribution in [2.75, 3.05) is 13.1 Å². The maximum Gasteiger partial charge on any atom is 0.242 e. The van der Waals surface area contributed by atoms with Gasteiger partial charge in [0.1, 0.15) is 4.90 Å². The molecule has 84 valence electrons. The van der Waals surface area contributed by atoms with Crippen LogP contribution in [0.3, 0.4) is 0 Å². The number of rotatable bonds is 4. The molecule has 0 saturated carbocycles. The van der Waals surface area contributed by atoms with E-state index in [-0.39, 0.29) is 28.0 Å². The first-order valence-corrected chi connectivity index (χ1v) is 6.36. The van der Waals surface area contributed by atoms with Gasteiger partial charge in [0.2, 0.25) is 10.0 Å². The Kier molecular flexibility index (Phi) is 4.36. The van der Waals surface area contributed by atoms with Crippen molar-refractivity contribution in [1.82, 2.24) is 4.72 Å². The Balaban J connectivity index is 3.10. The smallest absolute Gasteiger partial charge is 0.242 e. The fourth-order valence-electron chi connectivity index (χ4n) is 0.963. The van der Waals surface area contributed by atoms with E-state index in [1.807, 2.05) is 0 Å². The molecular formula is C8H10Cl2N2O2S. The summed E-state index contributed by atoms with van der Waals surface area (Å²) < 4.78 is 25.6. The van der Waals surface area contributed by atoms with Gasteiger partial charge in [-0.3, -0.25) is 0 Å². The molecule has 7 heteroatoms. The van der Waals surface area contributed by atoms with Crippen LogP contribution in [0.15, 0.2) is 23.1 Å². The summed E-state index contributed by atoms with van der Waals surface area (Å²) in [5.41, 5.74) is 5.20. The van der Waals surface area contributed by atoms with Gasteiger partial charge in [0.05, 0.1) is 10.0 Å². The highest BCUT2D eigenvalue weighted by molar-refractivity contribution is 7.89. The predicted octanol–water partition coefficient (Wildman–Crippen LogP) is 1.23. The van der Waals surface area contributed by atoms with E-state index in [9.17, 15) is 8.42 Å². The summed E-state index contributed by atoms with van der Waals surface area (Å²) in [7, 11) is -3.62. The zero-order valence-electron chi connectivity index (χ0n) is 7.70. The number of hydrogen-bond acceptors (Lipinski definition) is 3. The van der Waals surface area contributed by atoms with Crippen LogP contribution >= 0.6 is 23.2 Å². The Morgan fingerprint density at radius 1 is 1.33 bits per heavy atom. The molecule has 0 spiro atoms. The van der Waals surface area contributed by atoms with E-state index in [0.29, 0.717) is 0 Å². The van der Waals surface area contributed by atoms with Crippen molar-refractivity contribution in [2.24, 2.45) is 5.73 Å². The summed E-state index contributed by atoms with van der Waals surface area (Å²) in [5, 5.41) is 0.218. The normalized spacial score (nSPS) is 11.7. The Bertz CT molecular complexity index is 448. The largest absolute Gasteiger partial charge is 0.329 e. The fraction of sp³-hybridized carbons (Fsp3) is 0.250. The predicted molar refractivity (Wildman–Crippen MR) is 60.7 cm³/mol. The number of sulfonamides is 1. The number of benzene rings is 1. The van der Waals surface area contributed by atoms with Crippen LogP contribution in [-0.4, -0.2) is 21.5 Å². The van der Waals surface area contributed by atoms with Crippen LogP contribution in [0.25, 0.3) is 0 Å². The second kappa shape index (κ2) is 5.14. The van der Waals surface area contributed by atoms with Crippen LogP contribution in [0.1, 0.15) is 0 Å². The minimum atomic E-state index is -3.62. The molecule has 15 heavy (non-hydrogen) atoms. The van der Waals surface area contributed by atoms with Crippen molar-refractivity contribution < 1.29 is 8.42 Å². The number of nitrogens with one attached hydrogen (secondary N) is 1. The van der Waals surface area contributed by atoms with Gasteiger partial charge in [0.25, 0.3) is 0 Å². The molecule has 1 rings (SSSR count). The molecule has 4 nitrogen and oxygen atoms in total. The zero-order chi connectivity index (χ0) is 11.5. The van der Waals surface area contributed by atoms with Gasteiger partial charge in [0.15, 0.2) is 0 Å². The maximum absolute atomic E-state index is 11.7. The summed E-state index contributed by atoms with van der Waals surface area (Å²) in [5.74, 6) is 0. The third-order valence-corrected chi connectivity index (χ3v) is 4.08. The second-order valence-electron chi connectivity index (χ2n) is 2.74. The Hall–Kier alpha value is -0.330. The zero-order valence-corrected chi connectivity index (χ0v) is 10.0. The molecular weight excluding hydrogens is 259 g/mol. The summed E-state index contributed by atoms with van der Waals surface area (Å²) in [6.45, 7) is 0.378. The highest BCUT2D eigenvalue weighted by Crippen LogP contribution is 2.28. The van der Waals surface area contributed by atoms with Gasteiger partial charge in [-0.15, -0.1) is 0 Å². The lowest BCUT2D eigenvalue weighted by molar-refractivity contribution is 0.582. The van der Waals surface area contributed by atoms with Crippen LogP contribution < -0.4 is 10.5 Å². The third-order valence-electron chi connectivity index (χ3n) is 1.64. The molecule has 0 aliphatic carbocycles. The molecule has 0 fully saturated rings. The van der Waals surface area contributed by atoms with E-state index < -0.39 is 10.0 Å². The van der Waals surface area contributed by atoms with Crippen molar-refractivity contribution in [2.45, 2.75) is 4.90 Å². The average molecular weight is 269 g/mol. The Labute approximate surface area is 98.4 Å². The molecule has 0 atom stereocenters. The average Bonchev–Trinajstić information content (AvgIpc) is 2.19. The molecule has 0 amide bonds. The molecule has 0 radical (unpaired) electrons. The van der Waals surface area contributed by atoms with Crippen LogP contribution in [-0.2, 0) is 10.0 Å². The molecule has 0 aromatic heterocycles. The molecule has 3 N–H and O–H groups in total. The summed E-state index contributed by atoms with van der Waals surface area (Å²) in [4.78, 5) is -0.0369. The molecule has 0 bridgehead atoms. The number of hydrogen-bond donors (Lipinski definition) is 2. The third kappa shape index (κ3) is 3.06. The molecule has 1 aromatic carbocycles. The van der Waals surface area contributed by atoms with Gasteiger partial charge in [-0.1, -0.05) is 29.3 Å². The van der Waals surface area contributed by atoms with E-state index in [0.717, 1.165) is 0 Å². The van der Waals surface area contributed by atoms with E-state index >= 15 is 0 Å². The molecule has 0 heterocycles. The van der Waals surface area contributed by atoms with E-state index in [1.54, 1.807) is 0 Å². The van der Waals surface area contributed by atoms with Crippen molar-refractivity contribution in [3.63, 3.8) is 0 Å². The lowest BCUT2D eigenvalue weighted by atomic mass is 10.4. The summed E-state index contributed by atoms with van der Waals surface area (Å²) in [6, 6.07) is 4.42. The van der Waals surface area contributed by atoms with Crippen LogP contribution in [0.2, 0.25) is 10.0 Å². The quantitative estimate of drug-likeness (QED) is 0.863. The molecule has 0 aliphatic heterocycles. The van der Waals surface area contributed by atoms with Gasteiger partial charge >= 0.3 is 0 Å². The highest BCUT2D eigenvalue weighted by Gasteiger charge is 2.18. The van der Waals surface area contributed by atoms with Crippen molar-refractivity contribution >= 4 is 33.2 Å². The highest BCUT2D eigenvalue weighted by atomic mass is 35.5. The molecule has 1 aromatic rings. The van der Waals surface area contributed by atoms with Gasteiger partial charge in [-0.05, 0) is 12.1 Å². The Morgan fingerprint density at radius 3 is 2.60 bits per heavy atom. The lowest BCUT2D eigenvalue weighted by Crippen LogP contribution is -2.29. The minimum absolute atomic E-state index is 0.0173. The fourth-order valence-corrected chi connectivity index (χ4v) is 2.77. The summed E-state index contributed by atoms with van der Waals surface area (Å²) in [6.07, 6.45) is 0. The topological polar surface area (TPSA) is 72.2 Å². The van der Waals surface area contributed by atoms with Crippen LogP contribution in [0.5, 0.6) is 0 Å². The van der Waals surface area contributed by atoms with Crippen molar-refractivity contribution in [3.8, 4) is 0 Å². The molecule has 0 saturated heterocycles. The first-order chi connectivity index (χ1) is 6.99. The van der Waals surface area contributed by atoms with Crippen molar-refractivity contribution in [3.05, 3.63) is 28.2 Å². The summed E-state index contributed by atoms with van der Waals surface area (Å²) >= 11 is 11.5. The number of nitrogens with two attached hydrogens (primary N) is 1. The minimum Gasteiger partial charge on any atom is -0.329 e. The van der Waals surface area contributed by atoms with E-state index in [2.05, 4.69) is 4.72 Å². The maximum atomic E-state index is 11.7. The van der Waals surface area contributed by atoms with Crippen LogP contribution in [0, 0.1) is 0 Å². The Morgan fingerprint density at radius 2 is 2.00 bits per heavy atom. The van der Waals surface area contributed by atoms with Crippen molar-refractivity contribution in [1.29, 1.82) is 0 Å². The lowest BCUT2D eigenvalue weighted by Gasteiger charge is -2.07. The first-order valence-electron chi connectivity index (χ1n) is 4.13. The standard InChI is InChI=1S/C8H10Cl2N2O2S/c9-6-2-1-3-7(8(6)10)15(13,14)12-5-4-11/h1-3,12H,4-5,11H2. The van der Waals surface area contributed by atoms with Crippen LogP contribution in [0.4, 0.5) is 0 Å². The van der Waals surface area contributed by atoms with Gasteiger partial charge in [-0.25, -0.2) is 13.1 Å². The first kappa shape index (κ1) is 12.7. The second-order valence-corrected chi connectivity index (χ2v) is 5.26. The van der Waals surface area contributed by atoms with E-state index in [4.69, 9.17) is 28.9 Å². The molecule has 0 aliphatic rings. The molecule has 0 unspecified atom stereocenters. The van der Waals surface area contributed by atoms with Gasteiger partial charge in [-0.2, -0.15) is 0 Å². The van der Waals surface area contributed by atoms with Gasteiger partial charge in [0, 0.05) is 13.1 Å². The SMILES string of the molecule is NCCNS(=O)(=O)c1cccc(Cl)c1Cl. The van der Waals surface area contributed by atoms with E-state index in [1.165, 1.54) is 18.2 Å².